The highest BCUT2D eigenvalue weighted by molar-refractivity contribution is 5.84. The van der Waals surface area contributed by atoms with E-state index in [0.717, 1.165) is 30.1 Å². The van der Waals surface area contributed by atoms with Gasteiger partial charge >= 0.3 is 5.97 Å². The molecule has 0 saturated carbocycles. The molecule has 6 nitrogen and oxygen atoms in total. The molecule has 0 radical (unpaired) electrons. The zero-order chi connectivity index (χ0) is 14.0. The predicted molar refractivity (Wildman–Crippen MR) is 68.3 cm³/mol. The highest BCUT2D eigenvalue weighted by Gasteiger charge is 2.15. The van der Waals surface area contributed by atoms with Gasteiger partial charge < -0.3 is 9.52 Å². The monoisotopic (exact) mass is 263 g/mol. The van der Waals surface area contributed by atoms with E-state index in [0.29, 0.717) is 12.3 Å². The lowest BCUT2D eigenvalue weighted by molar-refractivity contribution is 0.0661. The number of carboxylic acid groups (broad SMARTS) is 1. The fourth-order valence-electron chi connectivity index (χ4n) is 1.91. The van der Waals surface area contributed by atoms with Gasteiger partial charge in [0.1, 0.15) is 11.6 Å². The van der Waals surface area contributed by atoms with E-state index in [4.69, 9.17) is 9.52 Å². The average Bonchev–Trinajstić information content (AvgIpc) is 2.94. The zero-order valence-corrected chi connectivity index (χ0v) is 11.3. The Labute approximate surface area is 111 Å². The van der Waals surface area contributed by atoms with Crippen molar-refractivity contribution in [2.45, 2.75) is 40.2 Å². The van der Waals surface area contributed by atoms with Crippen LogP contribution in [0, 0.1) is 6.92 Å². The predicted octanol–water partition coefficient (Wildman–Crippen LogP) is 2.05. The van der Waals surface area contributed by atoms with Crippen LogP contribution in [0.15, 0.2) is 10.5 Å². The summed E-state index contributed by atoms with van der Waals surface area (Å²) in [4.78, 5) is 15.3. The van der Waals surface area contributed by atoms with Gasteiger partial charge in [-0.1, -0.05) is 13.8 Å². The van der Waals surface area contributed by atoms with E-state index in [1.807, 2.05) is 18.5 Å². The van der Waals surface area contributed by atoms with Gasteiger partial charge in [0.25, 0.3) is 0 Å². The lowest BCUT2D eigenvalue weighted by Crippen LogP contribution is -2.06. The van der Waals surface area contributed by atoms with Gasteiger partial charge in [0, 0.05) is 18.4 Å². The molecular formula is C13H17N3O3. The molecule has 0 aliphatic heterocycles. The second kappa shape index (κ2) is 5.26. The Kier molecular flexibility index (Phi) is 3.69. The number of carboxylic acids is 1. The molecule has 2 heterocycles. The summed E-state index contributed by atoms with van der Waals surface area (Å²) in [6.07, 6.45) is 1.57. The van der Waals surface area contributed by atoms with Gasteiger partial charge in [-0.2, -0.15) is 5.10 Å². The largest absolute Gasteiger partial charge is 0.475 e. The molecule has 0 atom stereocenters. The van der Waals surface area contributed by atoms with E-state index in [2.05, 4.69) is 10.1 Å². The minimum absolute atomic E-state index is 0.0404. The molecule has 0 aliphatic carbocycles. The highest BCUT2D eigenvalue weighted by Crippen LogP contribution is 2.16. The van der Waals surface area contributed by atoms with Crippen molar-refractivity contribution >= 4 is 5.97 Å². The van der Waals surface area contributed by atoms with E-state index in [1.54, 1.807) is 13.0 Å². The molecule has 0 aromatic carbocycles. The van der Waals surface area contributed by atoms with Gasteiger partial charge in [-0.3, -0.25) is 0 Å². The van der Waals surface area contributed by atoms with Crippen LogP contribution >= 0.6 is 0 Å². The molecule has 6 heteroatoms. The topological polar surface area (TPSA) is 81.2 Å². The highest BCUT2D eigenvalue weighted by atomic mass is 16.4. The standard InChI is InChI=1S/C13H17N3O3/c1-4-11-14-12(5-2)16(15-11)7-9-6-10(13(17)18)19-8(9)3/h6H,4-5,7H2,1-3H3,(H,17,18). The zero-order valence-electron chi connectivity index (χ0n) is 11.3. The molecule has 0 aliphatic rings. The van der Waals surface area contributed by atoms with Crippen molar-refractivity contribution in [1.82, 2.24) is 14.8 Å². The minimum Gasteiger partial charge on any atom is -0.475 e. The maximum Gasteiger partial charge on any atom is 0.371 e. The van der Waals surface area contributed by atoms with Crippen LogP contribution in [0.25, 0.3) is 0 Å². The van der Waals surface area contributed by atoms with Gasteiger partial charge in [0.05, 0.1) is 6.54 Å². The smallest absolute Gasteiger partial charge is 0.371 e. The maximum atomic E-state index is 10.9. The molecular weight excluding hydrogens is 246 g/mol. The molecule has 2 rings (SSSR count). The van der Waals surface area contributed by atoms with E-state index in [1.165, 1.54) is 0 Å². The van der Waals surface area contributed by atoms with Crippen LogP contribution in [0.2, 0.25) is 0 Å². The lowest BCUT2D eigenvalue weighted by Gasteiger charge is -2.02. The van der Waals surface area contributed by atoms with Gasteiger partial charge in [-0.15, -0.1) is 0 Å². The van der Waals surface area contributed by atoms with Gasteiger partial charge in [0.15, 0.2) is 5.82 Å². The summed E-state index contributed by atoms with van der Waals surface area (Å²) in [6.45, 7) is 6.26. The molecule has 0 unspecified atom stereocenters. The number of aryl methyl sites for hydroxylation is 3. The third-order valence-corrected chi connectivity index (χ3v) is 2.98. The van der Waals surface area contributed by atoms with Crippen LogP contribution in [0.5, 0.6) is 0 Å². The van der Waals surface area contributed by atoms with Gasteiger partial charge in [0.2, 0.25) is 5.76 Å². The molecule has 0 amide bonds. The Morgan fingerprint density at radius 3 is 2.68 bits per heavy atom. The first-order chi connectivity index (χ1) is 9.05. The summed E-state index contributed by atoms with van der Waals surface area (Å²) in [5, 5.41) is 13.3. The van der Waals surface area contributed by atoms with Crippen molar-refractivity contribution in [1.29, 1.82) is 0 Å². The summed E-state index contributed by atoms with van der Waals surface area (Å²) in [5.41, 5.74) is 0.819. The molecule has 1 N–H and O–H groups in total. The van der Waals surface area contributed by atoms with E-state index >= 15 is 0 Å². The molecule has 19 heavy (non-hydrogen) atoms. The molecule has 0 fully saturated rings. The molecule has 2 aromatic rings. The van der Waals surface area contributed by atoms with Crippen molar-refractivity contribution in [2.24, 2.45) is 0 Å². The van der Waals surface area contributed by atoms with E-state index < -0.39 is 5.97 Å². The van der Waals surface area contributed by atoms with Gasteiger partial charge in [-0.25, -0.2) is 14.5 Å². The van der Waals surface area contributed by atoms with Crippen molar-refractivity contribution in [3.05, 3.63) is 34.8 Å². The Balaban J connectivity index is 2.30. The number of carbonyl (C=O) groups is 1. The lowest BCUT2D eigenvalue weighted by atomic mass is 10.2. The fourth-order valence-corrected chi connectivity index (χ4v) is 1.91. The van der Waals surface area contributed by atoms with Crippen LogP contribution in [-0.4, -0.2) is 25.8 Å². The van der Waals surface area contributed by atoms with E-state index in [-0.39, 0.29) is 5.76 Å². The average molecular weight is 263 g/mol. The summed E-state index contributed by atoms with van der Waals surface area (Å²) in [5.74, 6) is 1.21. The van der Waals surface area contributed by atoms with Gasteiger partial charge in [-0.05, 0) is 13.0 Å². The van der Waals surface area contributed by atoms with Crippen molar-refractivity contribution < 1.29 is 14.3 Å². The Morgan fingerprint density at radius 2 is 2.16 bits per heavy atom. The summed E-state index contributed by atoms with van der Waals surface area (Å²) < 4.78 is 7.00. The van der Waals surface area contributed by atoms with Crippen LogP contribution in [0.1, 0.15) is 47.4 Å². The normalized spacial score (nSPS) is 10.9. The molecule has 0 bridgehead atoms. The summed E-state index contributed by atoms with van der Waals surface area (Å²) >= 11 is 0. The number of hydrogen-bond acceptors (Lipinski definition) is 4. The summed E-state index contributed by atoms with van der Waals surface area (Å²) in [6, 6.07) is 1.55. The Hall–Kier alpha value is -2.11. The first-order valence-corrected chi connectivity index (χ1v) is 6.30. The first-order valence-electron chi connectivity index (χ1n) is 6.30. The third kappa shape index (κ3) is 2.67. The first kappa shape index (κ1) is 13.3. The Bertz CT molecular complexity index is 598. The number of hydrogen-bond donors (Lipinski definition) is 1. The number of nitrogens with zero attached hydrogens (tertiary/aromatic N) is 3. The molecule has 0 saturated heterocycles. The SMILES string of the molecule is CCc1nc(CC)n(Cc2cc(C(=O)O)oc2C)n1. The third-order valence-electron chi connectivity index (χ3n) is 2.98. The Morgan fingerprint density at radius 1 is 1.42 bits per heavy atom. The van der Waals surface area contributed by atoms with Crippen LogP contribution in [-0.2, 0) is 19.4 Å². The quantitative estimate of drug-likeness (QED) is 0.892. The van der Waals surface area contributed by atoms with Crippen molar-refractivity contribution in [3.63, 3.8) is 0 Å². The minimum atomic E-state index is -1.06. The maximum absolute atomic E-state index is 10.9. The number of rotatable bonds is 5. The van der Waals surface area contributed by atoms with Crippen LogP contribution < -0.4 is 0 Å². The van der Waals surface area contributed by atoms with E-state index in [9.17, 15) is 4.79 Å². The number of aromatic carboxylic acids is 1. The van der Waals surface area contributed by atoms with Crippen LogP contribution in [0.4, 0.5) is 0 Å². The van der Waals surface area contributed by atoms with Crippen molar-refractivity contribution in [2.75, 3.05) is 0 Å². The summed E-state index contributed by atoms with van der Waals surface area (Å²) in [7, 11) is 0. The number of furan rings is 1. The van der Waals surface area contributed by atoms with Crippen molar-refractivity contribution in [3.8, 4) is 0 Å². The number of aromatic nitrogens is 3. The molecule has 102 valence electrons. The second-order valence-corrected chi connectivity index (χ2v) is 4.31. The molecule has 0 spiro atoms. The second-order valence-electron chi connectivity index (χ2n) is 4.31. The fraction of sp³-hybridized carbons (Fsp3) is 0.462. The van der Waals surface area contributed by atoms with Crippen LogP contribution in [0.3, 0.4) is 0 Å². The molecule has 2 aromatic heterocycles.